The lowest BCUT2D eigenvalue weighted by atomic mass is 10.0. The molecule has 0 saturated carbocycles. The van der Waals surface area contributed by atoms with E-state index in [1.807, 2.05) is 11.3 Å². The Bertz CT molecular complexity index is 745. The average Bonchev–Trinajstić information content (AvgIpc) is 3.00. The molecular formula is C18H30N4O2S2. The Morgan fingerprint density at radius 2 is 2.12 bits per heavy atom. The molecule has 1 aromatic heterocycles. The van der Waals surface area contributed by atoms with Crippen molar-refractivity contribution in [1.29, 1.82) is 0 Å². The largest absolute Gasteiger partial charge is 0.356 e. The number of thiazole rings is 1. The highest BCUT2D eigenvalue weighted by molar-refractivity contribution is 7.92. The van der Waals surface area contributed by atoms with Crippen LogP contribution in [0.1, 0.15) is 48.7 Å². The molecule has 0 amide bonds. The Balaban J connectivity index is 1.48. The van der Waals surface area contributed by atoms with Gasteiger partial charge in [-0.15, -0.1) is 11.3 Å². The molecule has 0 spiro atoms. The fourth-order valence-electron chi connectivity index (χ4n) is 3.61. The third-order valence-electron chi connectivity index (χ3n) is 5.30. The van der Waals surface area contributed by atoms with E-state index in [4.69, 9.17) is 4.98 Å². The van der Waals surface area contributed by atoms with Crippen LogP contribution in [0.25, 0.3) is 0 Å². The molecule has 0 radical (unpaired) electrons. The van der Waals surface area contributed by atoms with Crippen molar-refractivity contribution in [3.63, 3.8) is 0 Å². The van der Waals surface area contributed by atoms with Crippen LogP contribution in [0.2, 0.25) is 0 Å². The molecular weight excluding hydrogens is 368 g/mol. The van der Waals surface area contributed by atoms with Gasteiger partial charge in [0.2, 0.25) is 0 Å². The fraction of sp³-hybridized carbons (Fsp3) is 0.778. The lowest BCUT2D eigenvalue weighted by molar-refractivity contribution is 0.353. The molecule has 8 heteroatoms. The summed E-state index contributed by atoms with van der Waals surface area (Å²) in [5.74, 6) is 0.983. The van der Waals surface area contributed by atoms with Gasteiger partial charge in [0.05, 0.1) is 21.2 Å². The minimum atomic E-state index is -3.03. The first-order valence-electron chi connectivity index (χ1n) is 9.48. The maximum atomic E-state index is 12.2. The molecule has 0 bridgehead atoms. The number of aliphatic imine (C=N–C) groups is 1. The predicted molar refractivity (Wildman–Crippen MR) is 108 cm³/mol. The number of fused-ring (bicyclic) bond motifs is 1. The van der Waals surface area contributed by atoms with Crippen molar-refractivity contribution in [1.82, 2.24) is 15.2 Å². The average molecular weight is 399 g/mol. The normalized spacial score (nSPS) is 22.1. The SMILES string of the molecule is CN=C(NCCCc1nc2c(s1)CCCC2)N1CCS(=O)(=O)C(C)(C)C1. The van der Waals surface area contributed by atoms with Gasteiger partial charge < -0.3 is 10.2 Å². The van der Waals surface area contributed by atoms with Gasteiger partial charge in [0, 0.05) is 38.0 Å². The van der Waals surface area contributed by atoms with Gasteiger partial charge in [-0.25, -0.2) is 13.4 Å². The molecule has 1 aliphatic heterocycles. The van der Waals surface area contributed by atoms with Crippen LogP contribution in [0.3, 0.4) is 0 Å². The molecule has 3 rings (SSSR count). The molecule has 2 aliphatic rings. The third-order valence-corrected chi connectivity index (χ3v) is 9.05. The van der Waals surface area contributed by atoms with Crippen molar-refractivity contribution in [2.75, 3.05) is 32.4 Å². The Hall–Kier alpha value is -1.15. The zero-order valence-electron chi connectivity index (χ0n) is 16.0. The first kappa shape index (κ1) is 19.6. The van der Waals surface area contributed by atoms with Crippen molar-refractivity contribution in [2.24, 2.45) is 4.99 Å². The van der Waals surface area contributed by atoms with Gasteiger partial charge in [0.25, 0.3) is 0 Å². The summed E-state index contributed by atoms with van der Waals surface area (Å²) in [4.78, 5) is 12.7. The number of sulfone groups is 1. The van der Waals surface area contributed by atoms with Gasteiger partial charge >= 0.3 is 0 Å². The van der Waals surface area contributed by atoms with Gasteiger partial charge in [-0.3, -0.25) is 4.99 Å². The van der Waals surface area contributed by atoms with E-state index in [-0.39, 0.29) is 5.75 Å². The van der Waals surface area contributed by atoms with E-state index in [1.165, 1.54) is 34.8 Å². The summed E-state index contributed by atoms with van der Waals surface area (Å²) in [5, 5.41) is 4.64. The third kappa shape index (κ3) is 4.22. The van der Waals surface area contributed by atoms with Crippen LogP contribution >= 0.6 is 11.3 Å². The van der Waals surface area contributed by atoms with Crippen LogP contribution < -0.4 is 5.32 Å². The lowest BCUT2D eigenvalue weighted by Gasteiger charge is -2.39. The molecule has 1 fully saturated rings. The van der Waals surface area contributed by atoms with E-state index >= 15 is 0 Å². The summed E-state index contributed by atoms with van der Waals surface area (Å²) in [6, 6.07) is 0. The molecule has 1 aliphatic carbocycles. The number of nitrogens with one attached hydrogen (secondary N) is 1. The van der Waals surface area contributed by atoms with Crippen LogP contribution in [0.5, 0.6) is 0 Å². The molecule has 146 valence electrons. The fourth-order valence-corrected chi connectivity index (χ4v) is 6.17. The van der Waals surface area contributed by atoms with Crippen molar-refractivity contribution >= 4 is 27.1 Å². The number of aromatic nitrogens is 1. The second-order valence-electron chi connectivity index (χ2n) is 7.76. The quantitative estimate of drug-likeness (QED) is 0.477. The Morgan fingerprint density at radius 3 is 2.81 bits per heavy atom. The second kappa shape index (κ2) is 7.84. The van der Waals surface area contributed by atoms with Crippen LogP contribution in [-0.4, -0.2) is 61.4 Å². The van der Waals surface area contributed by atoms with Gasteiger partial charge in [-0.05, 0) is 46.0 Å². The van der Waals surface area contributed by atoms with Crippen LogP contribution in [-0.2, 0) is 29.1 Å². The van der Waals surface area contributed by atoms with E-state index in [0.29, 0.717) is 13.1 Å². The molecule has 1 saturated heterocycles. The molecule has 6 nitrogen and oxygen atoms in total. The Morgan fingerprint density at radius 1 is 1.35 bits per heavy atom. The summed E-state index contributed by atoms with van der Waals surface area (Å²) in [6.07, 6.45) is 6.91. The molecule has 0 unspecified atom stereocenters. The van der Waals surface area contributed by atoms with Crippen LogP contribution in [0.4, 0.5) is 0 Å². The smallest absolute Gasteiger partial charge is 0.193 e. The van der Waals surface area contributed by atoms with Crippen molar-refractivity contribution < 1.29 is 8.42 Å². The van der Waals surface area contributed by atoms with Gasteiger partial charge in [0.15, 0.2) is 15.8 Å². The zero-order chi connectivity index (χ0) is 18.8. The van der Waals surface area contributed by atoms with Gasteiger partial charge in [0.1, 0.15) is 0 Å². The molecule has 1 N–H and O–H groups in total. The summed E-state index contributed by atoms with van der Waals surface area (Å²) < 4.78 is 23.6. The predicted octanol–water partition coefficient (Wildman–Crippen LogP) is 2.04. The van der Waals surface area contributed by atoms with Crippen molar-refractivity contribution in [2.45, 2.75) is 57.1 Å². The first-order valence-corrected chi connectivity index (χ1v) is 11.9. The minimum Gasteiger partial charge on any atom is -0.356 e. The van der Waals surface area contributed by atoms with Crippen molar-refractivity contribution in [3.8, 4) is 0 Å². The second-order valence-corrected chi connectivity index (χ2v) is 11.7. The van der Waals surface area contributed by atoms with Gasteiger partial charge in [-0.1, -0.05) is 0 Å². The first-order chi connectivity index (χ1) is 12.3. The van der Waals surface area contributed by atoms with E-state index in [0.717, 1.165) is 31.8 Å². The summed E-state index contributed by atoms with van der Waals surface area (Å²) in [5.41, 5.74) is 1.33. The van der Waals surface area contributed by atoms with E-state index in [1.54, 1.807) is 20.9 Å². The summed E-state index contributed by atoms with van der Waals surface area (Å²) in [7, 11) is -1.27. The van der Waals surface area contributed by atoms with Crippen LogP contribution in [0.15, 0.2) is 4.99 Å². The highest BCUT2D eigenvalue weighted by Gasteiger charge is 2.40. The van der Waals surface area contributed by atoms with Gasteiger partial charge in [-0.2, -0.15) is 0 Å². The number of hydrogen-bond donors (Lipinski definition) is 1. The molecule has 0 atom stereocenters. The monoisotopic (exact) mass is 398 g/mol. The number of nitrogens with zero attached hydrogens (tertiary/aromatic N) is 3. The van der Waals surface area contributed by atoms with Crippen LogP contribution in [0, 0.1) is 0 Å². The molecule has 26 heavy (non-hydrogen) atoms. The minimum absolute atomic E-state index is 0.186. The molecule has 1 aromatic rings. The Labute approximate surface area is 161 Å². The molecule has 2 heterocycles. The maximum Gasteiger partial charge on any atom is 0.193 e. The standard InChI is InChI=1S/C18H30N4O2S2/c1-18(2)13-22(11-12-26(18,23)24)17(19-3)20-10-6-9-16-21-14-7-4-5-8-15(14)25-16/h4-13H2,1-3H3,(H,19,20). The zero-order valence-corrected chi connectivity index (χ0v) is 17.7. The highest BCUT2D eigenvalue weighted by Crippen LogP contribution is 2.27. The topological polar surface area (TPSA) is 74.7 Å². The molecule has 0 aromatic carbocycles. The number of hydrogen-bond acceptors (Lipinski definition) is 5. The number of guanidine groups is 1. The Kier molecular flexibility index (Phi) is 5.91. The van der Waals surface area contributed by atoms with E-state index in [2.05, 4.69) is 15.2 Å². The van der Waals surface area contributed by atoms with E-state index in [9.17, 15) is 8.42 Å². The highest BCUT2D eigenvalue weighted by atomic mass is 32.2. The van der Waals surface area contributed by atoms with Crippen molar-refractivity contribution in [3.05, 3.63) is 15.6 Å². The number of rotatable bonds is 4. The lowest BCUT2D eigenvalue weighted by Crippen LogP contribution is -2.57. The summed E-state index contributed by atoms with van der Waals surface area (Å²) in [6.45, 7) is 5.40. The summed E-state index contributed by atoms with van der Waals surface area (Å²) >= 11 is 1.88. The van der Waals surface area contributed by atoms with E-state index < -0.39 is 14.6 Å². The maximum absolute atomic E-state index is 12.2. The number of aryl methyl sites for hydroxylation is 3.